The third kappa shape index (κ3) is 3.91. The first-order valence-electron chi connectivity index (χ1n) is 12.6. The molecule has 38 heavy (non-hydrogen) atoms. The lowest BCUT2D eigenvalue weighted by atomic mass is 9.92. The van der Waals surface area contributed by atoms with Crippen molar-refractivity contribution >= 4 is 34.7 Å². The molecule has 6 rings (SSSR count). The van der Waals surface area contributed by atoms with Crippen LogP contribution < -0.4 is 19.9 Å². The van der Waals surface area contributed by atoms with E-state index < -0.39 is 0 Å². The minimum Gasteiger partial charge on any atom is -0.497 e. The van der Waals surface area contributed by atoms with E-state index in [1.54, 1.807) is 14.2 Å². The van der Waals surface area contributed by atoms with Gasteiger partial charge in [0.1, 0.15) is 11.5 Å². The van der Waals surface area contributed by atoms with Crippen LogP contribution in [0.4, 0.5) is 0 Å². The molecule has 0 aliphatic rings. The van der Waals surface area contributed by atoms with E-state index in [0.717, 1.165) is 65.4 Å². The summed E-state index contributed by atoms with van der Waals surface area (Å²) >= 11 is 0. The van der Waals surface area contributed by atoms with Crippen molar-refractivity contribution in [1.82, 2.24) is 0 Å². The van der Waals surface area contributed by atoms with Crippen LogP contribution in [0.2, 0.25) is 0 Å². The molecule has 0 N–H and O–H groups in total. The van der Waals surface area contributed by atoms with Crippen molar-refractivity contribution in [2.45, 2.75) is 0 Å². The second-order valence-electron chi connectivity index (χ2n) is 9.45. The Hall–Kier alpha value is -4.82. The van der Waals surface area contributed by atoms with Crippen LogP contribution in [0.3, 0.4) is 0 Å². The molecule has 0 aromatic heterocycles. The van der Waals surface area contributed by atoms with Gasteiger partial charge in [0.05, 0.1) is 14.2 Å². The number of hydrogen-bond donors (Lipinski definition) is 0. The van der Waals surface area contributed by atoms with Gasteiger partial charge in [-0.1, -0.05) is 86.0 Å². The Morgan fingerprint density at radius 3 is 1.21 bits per heavy atom. The Kier molecular flexibility index (Phi) is 5.94. The summed E-state index contributed by atoms with van der Waals surface area (Å²) in [6.07, 6.45) is 0. The van der Waals surface area contributed by atoms with Gasteiger partial charge in [-0.25, -0.2) is 0 Å². The molecule has 0 unspecified atom stereocenters. The summed E-state index contributed by atoms with van der Waals surface area (Å²) in [7, 11) is 3.37. The van der Waals surface area contributed by atoms with E-state index in [2.05, 4.69) is 98.1 Å². The maximum Gasteiger partial charge on any atom is 0.118 e. The normalized spacial score (nSPS) is 12.1. The fourth-order valence-electron chi connectivity index (χ4n) is 5.41. The lowest BCUT2D eigenvalue weighted by Crippen LogP contribution is -2.13. The highest BCUT2D eigenvalue weighted by molar-refractivity contribution is 5.92. The average Bonchev–Trinajstić information content (AvgIpc) is 2.97. The first-order valence-corrected chi connectivity index (χ1v) is 12.6. The van der Waals surface area contributed by atoms with Crippen LogP contribution in [0, 0.1) is 10.4 Å². The van der Waals surface area contributed by atoms with Crippen LogP contribution in [0.25, 0.3) is 57.0 Å². The minimum atomic E-state index is 0.832. The third-order valence-electron chi connectivity index (χ3n) is 7.37. The molecular weight excluding hydrogens is 464 g/mol. The van der Waals surface area contributed by atoms with Gasteiger partial charge >= 0.3 is 0 Å². The number of methoxy groups -OCH3 is 2. The molecule has 6 aromatic carbocycles. The maximum atomic E-state index is 5.40. The van der Waals surface area contributed by atoms with Gasteiger partial charge in [0, 0.05) is 0 Å². The molecule has 0 atom stereocenters. The molecule has 0 saturated carbocycles. The van der Waals surface area contributed by atoms with Crippen LogP contribution in [-0.2, 0) is 0 Å². The highest BCUT2D eigenvalue weighted by Crippen LogP contribution is 2.27. The van der Waals surface area contributed by atoms with Crippen LogP contribution in [0.5, 0.6) is 11.5 Å². The van der Waals surface area contributed by atoms with Gasteiger partial charge in [0.2, 0.25) is 0 Å². The molecule has 0 amide bonds. The van der Waals surface area contributed by atoms with Gasteiger partial charge in [-0.2, -0.15) is 0 Å². The molecule has 184 valence electrons. The number of fused-ring (bicyclic) bond motifs is 2. The number of ether oxygens (including phenoxy) is 2. The van der Waals surface area contributed by atoms with Gasteiger partial charge in [-0.3, -0.25) is 0 Å². The van der Waals surface area contributed by atoms with Crippen molar-refractivity contribution < 1.29 is 9.47 Å². The zero-order valence-electron chi connectivity index (χ0n) is 21.6. The summed E-state index contributed by atoms with van der Waals surface area (Å²) in [5, 5.41) is 8.86. The smallest absolute Gasteiger partial charge is 0.118 e. The quantitative estimate of drug-likeness (QED) is 0.254. The fourth-order valence-corrected chi connectivity index (χ4v) is 5.41. The predicted octanol–water partition coefficient (Wildman–Crippen LogP) is 7.45. The second kappa shape index (κ2) is 9.57. The zero-order valence-corrected chi connectivity index (χ0v) is 21.6. The average molecular weight is 493 g/mol. The van der Waals surface area contributed by atoms with Gasteiger partial charge in [0.25, 0.3) is 0 Å². The monoisotopic (exact) mass is 492 g/mol. The number of benzene rings is 6. The molecule has 0 bridgehead atoms. The number of rotatable bonds is 4. The summed E-state index contributed by atoms with van der Waals surface area (Å²) in [4.78, 5) is 0. The Morgan fingerprint density at radius 1 is 0.474 bits per heavy atom. The second-order valence-corrected chi connectivity index (χ2v) is 9.45. The fraction of sp³-hybridized carbons (Fsp3) is 0.0556. The van der Waals surface area contributed by atoms with Crippen molar-refractivity contribution in [3.8, 4) is 33.8 Å². The van der Waals surface area contributed by atoms with E-state index >= 15 is 0 Å². The third-order valence-corrected chi connectivity index (χ3v) is 7.37. The summed E-state index contributed by atoms with van der Waals surface area (Å²) in [6, 6.07) is 37.9. The summed E-state index contributed by atoms with van der Waals surface area (Å²) in [5.41, 5.74) is 4.40. The Morgan fingerprint density at radius 2 is 0.842 bits per heavy atom. The topological polar surface area (TPSA) is 18.5 Å². The summed E-state index contributed by atoms with van der Waals surface area (Å²) in [6.45, 7) is 9.33. The molecule has 2 nitrogen and oxygen atoms in total. The van der Waals surface area contributed by atoms with E-state index in [9.17, 15) is 0 Å². The van der Waals surface area contributed by atoms with E-state index in [1.807, 2.05) is 24.3 Å². The van der Waals surface area contributed by atoms with Crippen LogP contribution in [-0.4, -0.2) is 14.2 Å². The Labute approximate surface area is 222 Å². The largest absolute Gasteiger partial charge is 0.497 e. The van der Waals surface area contributed by atoms with E-state index in [4.69, 9.17) is 9.47 Å². The lowest BCUT2D eigenvalue weighted by Gasteiger charge is -2.12. The van der Waals surface area contributed by atoms with Gasteiger partial charge in [0.15, 0.2) is 0 Å². The molecule has 0 heterocycles. The minimum absolute atomic E-state index is 0.832. The van der Waals surface area contributed by atoms with E-state index in [-0.39, 0.29) is 0 Å². The molecule has 0 radical (unpaired) electrons. The molecule has 0 fully saturated rings. The van der Waals surface area contributed by atoms with Crippen LogP contribution in [0.1, 0.15) is 0 Å². The zero-order chi connectivity index (χ0) is 26.2. The molecule has 0 saturated heterocycles. The lowest BCUT2D eigenvalue weighted by molar-refractivity contribution is 0.415. The van der Waals surface area contributed by atoms with E-state index in [0.29, 0.717) is 0 Å². The molecule has 0 aliphatic carbocycles. The maximum absolute atomic E-state index is 5.40. The summed E-state index contributed by atoms with van der Waals surface area (Å²) in [5.74, 6) is 1.66. The first-order chi connectivity index (χ1) is 18.6. The van der Waals surface area contributed by atoms with Crippen molar-refractivity contribution in [3.05, 3.63) is 130 Å². The van der Waals surface area contributed by atoms with Crippen molar-refractivity contribution in [1.29, 1.82) is 0 Å². The Bertz CT molecular complexity index is 1860. The van der Waals surface area contributed by atoms with Crippen molar-refractivity contribution in [2.24, 2.45) is 0 Å². The van der Waals surface area contributed by atoms with Gasteiger partial charge < -0.3 is 9.47 Å². The standard InChI is InChI=1S/C36H28O2/c1-23-33(25-13-17-29(37-3)18-14-25)21-27-9-5-7-11-31(27)35(23)36-24(2)34(22-28-10-6-8-12-32(28)36)26-15-19-30(38-4)20-16-26/h5-22H,1-2H2,3-4H3. The Balaban J connectivity index is 1.83. The SMILES string of the molecule is C=c1c(-c2ccc(OC)cc2)cc2ccccc2c1=c1c(=C)c(-c2ccc(OC)cc2)cc2ccccc12. The van der Waals surface area contributed by atoms with Gasteiger partial charge in [-0.15, -0.1) is 0 Å². The van der Waals surface area contributed by atoms with Crippen molar-refractivity contribution in [3.63, 3.8) is 0 Å². The highest BCUT2D eigenvalue weighted by Gasteiger charge is 2.10. The van der Waals surface area contributed by atoms with E-state index in [1.165, 1.54) is 10.8 Å². The van der Waals surface area contributed by atoms with Crippen LogP contribution in [0.15, 0.2) is 109 Å². The highest BCUT2D eigenvalue weighted by atomic mass is 16.5. The molecule has 2 heteroatoms. The first kappa shape index (κ1) is 23.6. The summed E-state index contributed by atoms with van der Waals surface area (Å²) < 4.78 is 10.8. The van der Waals surface area contributed by atoms with Crippen LogP contribution >= 0.6 is 0 Å². The molecule has 6 aromatic rings. The van der Waals surface area contributed by atoms with Crippen molar-refractivity contribution in [2.75, 3.05) is 14.2 Å². The number of hydrogen-bond acceptors (Lipinski definition) is 2. The molecule has 0 aliphatic heterocycles. The van der Waals surface area contributed by atoms with Gasteiger partial charge in [-0.05, 0) is 101 Å². The predicted molar refractivity (Wildman–Crippen MR) is 160 cm³/mol. The molecular formula is C36H28O2. The molecule has 0 spiro atoms.